The lowest BCUT2D eigenvalue weighted by Crippen LogP contribution is -2.09. The highest BCUT2D eigenvalue weighted by Gasteiger charge is 1.99. The fourth-order valence-corrected chi connectivity index (χ4v) is 1.78. The minimum Gasteiger partial charge on any atom is -0.325 e. The summed E-state index contributed by atoms with van der Waals surface area (Å²) in [5.41, 5.74) is 6.69. The van der Waals surface area contributed by atoms with Crippen molar-refractivity contribution in [2.24, 2.45) is 5.73 Å². The molecule has 0 spiro atoms. The molecule has 0 aromatic carbocycles. The van der Waals surface area contributed by atoms with Crippen LogP contribution in [-0.2, 0) is 0 Å². The molecule has 0 fully saturated rings. The Balaban J connectivity index is 2.81. The van der Waals surface area contributed by atoms with Crippen molar-refractivity contribution in [3.05, 3.63) is 21.7 Å². The zero-order valence-electron chi connectivity index (χ0n) is 7.66. The number of hydrogen-bond acceptors (Lipinski definition) is 3. The molecule has 0 saturated heterocycles. The smallest absolute Gasteiger partial charge is 0.0903 e. The molecule has 0 aliphatic carbocycles. The van der Waals surface area contributed by atoms with E-state index in [1.165, 1.54) is 4.88 Å². The lowest BCUT2D eigenvalue weighted by molar-refractivity contribution is 0.931. The second-order valence-corrected chi connectivity index (χ2v) is 4.14. The third kappa shape index (κ3) is 2.43. The van der Waals surface area contributed by atoms with Gasteiger partial charge >= 0.3 is 0 Å². The monoisotopic (exact) mass is 182 g/mol. The van der Waals surface area contributed by atoms with Crippen molar-refractivity contribution in [3.63, 3.8) is 0 Å². The first-order chi connectivity index (χ1) is 5.59. The van der Waals surface area contributed by atoms with E-state index in [-0.39, 0.29) is 6.04 Å². The molecule has 0 aliphatic rings. The van der Waals surface area contributed by atoms with E-state index in [1.807, 2.05) is 32.9 Å². The summed E-state index contributed by atoms with van der Waals surface area (Å²) in [5, 5.41) is 1.11. The molecule has 1 atom stereocenters. The number of thiazole rings is 1. The summed E-state index contributed by atoms with van der Waals surface area (Å²) in [6, 6.07) is 0.117. The Morgan fingerprint density at radius 2 is 2.17 bits per heavy atom. The van der Waals surface area contributed by atoms with Crippen molar-refractivity contribution >= 4 is 17.4 Å². The number of nitrogens with zero attached hydrogens (tertiary/aromatic N) is 1. The highest BCUT2D eigenvalue weighted by molar-refractivity contribution is 7.12. The first kappa shape index (κ1) is 9.42. The van der Waals surface area contributed by atoms with Crippen molar-refractivity contribution in [1.82, 2.24) is 4.98 Å². The molecule has 1 aromatic rings. The van der Waals surface area contributed by atoms with Gasteiger partial charge in [-0.25, -0.2) is 4.98 Å². The molecule has 1 unspecified atom stereocenters. The molecule has 0 aliphatic heterocycles. The van der Waals surface area contributed by atoms with Crippen molar-refractivity contribution in [2.75, 3.05) is 0 Å². The molecule has 0 saturated carbocycles. The van der Waals surface area contributed by atoms with Crippen LogP contribution < -0.4 is 5.73 Å². The first-order valence-corrected chi connectivity index (χ1v) is 4.79. The maximum Gasteiger partial charge on any atom is 0.0903 e. The summed E-state index contributed by atoms with van der Waals surface area (Å²) in [5.74, 6) is 0. The summed E-state index contributed by atoms with van der Waals surface area (Å²) >= 11 is 1.70. The van der Waals surface area contributed by atoms with E-state index in [0.717, 1.165) is 10.7 Å². The van der Waals surface area contributed by atoms with Crippen molar-refractivity contribution in [1.29, 1.82) is 0 Å². The Bertz CT molecular complexity index is 287. The quantitative estimate of drug-likeness (QED) is 0.761. The molecular formula is C9H14N2S. The molecule has 0 radical (unpaired) electrons. The molecule has 12 heavy (non-hydrogen) atoms. The van der Waals surface area contributed by atoms with Gasteiger partial charge in [-0.2, -0.15) is 0 Å². The van der Waals surface area contributed by atoms with Gasteiger partial charge in [-0.1, -0.05) is 6.08 Å². The van der Waals surface area contributed by atoms with Gasteiger partial charge in [0.15, 0.2) is 0 Å². The fourth-order valence-electron chi connectivity index (χ4n) is 0.941. The Labute approximate surface area is 77.1 Å². The number of aryl methyl sites for hydroxylation is 2. The van der Waals surface area contributed by atoms with Crippen LogP contribution in [0.15, 0.2) is 6.08 Å². The maximum absolute atomic E-state index is 5.59. The third-order valence-electron chi connectivity index (χ3n) is 1.49. The molecule has 0 bridgehead atoms. The Kier molecular flexibility index (Phi) is 3.00. The lowest BCUT2D eigenvalue weighted by atomic mass is 10.3. The van der Waals surface area contributed by atoms with Crippen LogP contribution in [0.3, 0.4) is 0 Å². The summed E-state index contributed by atoms with van der Waals surface area (Å²) in [6.45, 7) is 5.99. The Morgan fingerprint density at radius 1 is 1.50 bits per heavy atom. The van der Waals surface area contributed by atoms with Crippen LogP contribution >= 0.6 is 11.3 Å². The summed E-state index contributed by atoms with van der Waals surface area (Å²) in [4.78, 5) is 5.53. The zero-order chi connectivity index (χ0) is 9.14. The molecular weight excluding hydrogens is 168 g/mol. The van der Waals surface area contributed by atoms with E-state index in [4.69, 9.17) is 5.73 Å². The molecule has 3 heteroatoms. The predicted octanol–water partition coefficient (Wildman–Crippen LogP) is 2.12. The van der Waals surface area contributed by atoms with Gasteiger partial charge in [0.1, 0.15) is 0 Å². The first-order valence-electron chi connectivity index (χ1n) is 3.97. The second-order valence-electron chi connectivity index (χ2n) is 2.90. The van der Waals surface area contributed by atoms with Gasteiger partial charge in [-0.15, -0.1) is 11.3 Å². The van der Waals surface area contributed by atoms with Crippen LogP contribution in [-0.4, -0.2) is 11.0 Å². The summed E-state index contributed by atoms with van der Waals surface area (Å²) in [6.07, 6.45) is 4.03. The van der Waals surface area contributed by atoms with Crippen molar-refractivity contribution in [3.8, 4) is 0 Å². The third-order valence-corrected chi connectivity index (χ3v) is 2.53. The number of rotatable bonds is 2. The van der Waals surface area contributed by atoms with Crippen LogP contribution in [0.5, 0.6) is 0 Å². The fraction of sp³-hybridized carbons (Fsp3) is 0.444. The highest BCUT2D eigenvalue weighted by atomic mass is 32.1. The predicted molar refractivity (Wildman–Crippen MR) is 54.3 cm³/mol. The van der Waals surface area contributed by atoms with Crippen molar-refractivity contribution < 1.29 is 0 Å². The Hall–Kier alpha value is -0.670. The van der Waals surface area contributed by atoms with Crippen LogP contribution in [0.25, 0.3) is 6.08 Å². The van der Waals surface area contributed by atoms with Crippen LogP contribution in [0.4, 0.5) is 0 Å². The zero-order valence-corrected chi connectivity index (χ0v) is 8.48. The SMILES string of the molecule is Cc1nc(C)c(/C=C/C(C)N)s1. The minimum atomic E-state index is 0.117. The molecule has 2 nitrogen and oxygen atoms in total. The maximum atomic E-state index is 5.59. The van der Waals surface area contributed by atoms with E-state index in [1.54, 1.807) is 11.3 Å². The standard InChI is InChI=1S/C9H14N2S/c1-6(10)4-5-9-7(2)11-8(3)12-9/h4-6H,10H2,1-3H3/b5-4+. The average Bonchev–Trinajstić information content (AvgIpc) is 2.26. The van der Waals surface area contributed by atoms with Gasteiger partial charge in [-0.05, 0) is 26.8 Å². The normalized spacial score (nSPS) is 14.0. The van der Waals surface area contributed by atoms with Crippen LogP contribution in [0.1, 0.15) is 22.5 Å². The van der Waals surface area contributed by atoms with Gasteiger partial charge in [0.05, 0.1) is 10.7 Å². The Morgan fingerprint density at radius 3 is 2.58 bits per heavy atom. The largest absolute Gasteiger partial charge is 0.325 e. The lowest BCUT2D eigenvalue weighted by Gasteiger charge is -1.92. The molecule has 66 valence electrons. The minimum absolute atomic E-state index is 0.117. The second kappa shape index (κ2) is 3.83. The van der Waals surface area contributed by atoms with E-state index in [2.05, 4.69) is 4.98 Å². The van der Waals surface area contributed by atoms with Gasteiger partial charge in [0.2, 0.25) is 0 Å². The summed E-state index contributed by atoms with van der Waals surface area (Å²) < 4.78 is 0. The van der Waals surface area contributed by atoms with E-state index >= 15 is 0 Å². The topological polar surface area (TPSA) is 38.9 Å². The molecule has 0 amide bonds. The van der Waals surface area contributed by atoms with Gasteiger partial charge in [0.25, 0.3) is 0 Å². The van der Waals surface area contributed by atoms with E-state index in [9.17, 15) is 0 Å². The molecule has 1 aromatic heterocycles. The van der Waals surface area contributed by atoms with Crippen LogP contribution in [0.2, 0.25) is 0 Å². The van der Waals surface area contributed by atoms with E-state index < -0.39 is 0 Å². The van der Waals surface area contributed by atoms with Crippen molar-refractivity contribution in [2.45, 2.75) is 26.8 Å². The van der Waals surface area contributed by atoms with Gasteiger partial charge in [0, 0.05) is 10.9 Å². The molecule has 1 heterocycles. The number of hydrogen-bond donors (Lipinski definition) is 1. The molecule has 2 N–H and O–H groups in total. The number of nitrogens with two attached hydrogens (primary N) is 1. The van der Waals surface area contributed by atoms with Gasteiger partial charge in [-0.3, -0.25) is 0 Å². The average molecular weight is 182 g/mol. The summed E-state index contributed by atoms with van der Waals surface area (Å²) in [7, 11) is 0. The number of aromatic nitrogens is 1. The highest BCUT2D eigenvalue weighted by Crippen LogP contribution is 2.18. The van der Waals surface area contributed by atoms with Crippen LogP contribution in [0, 0.1) is 13.8 Å². The molecule has 1 rings (SSSR count). The van der Waals surface area contributed by atoms with Gasteiger partial charge < -0.3 is 5.73 Å². The van der Waals surface area contributed by atoms with E-state index in [0.29, 0.717) is 0 Å².